The average Bonchev–Trinajstić information content (AvgIpc) is 3.12. The van der Waals surface area contributed by atoms with E-state index >= 15 is 0 Å². The summed E-state index contributed by atoms with van der Waals surface area (Å²) in [5.74, 6) is 0.927. The fourth-order valence-electron chi connectivity index (χ4n) is 3.34. The lowest BCUT2D eigenvalue weighted by atomic mass is 9.96. The third-order valence-electron chi connectivity index (χ3n) is 4.56. The molecule has 2 heterocycles. The van der Waals surface area contributed by atoms with Crippen LogP contribution in [-0.4, -0.2) is 37.3 Å². The van der Waals surface area contributed by atoms with Crippen LogP contribution in [0.1, 0.15) is 37.3 Å². The molecule has 1 aromatic rings. The van der Waals surface area contributed by atoms with Crippen molar-refractivity contribution in [3.8, 4) is 0 Å². The number of nitrogens with one attached hydrogen (secondary N) is 2. The van der Waals surface area contributed by atoms with E-state index in [-0.39, 0.29) is 0 Å². The van der Waals surface area contributed by atoms with Gasteiger partial charge in [0.2, 0.25) is 0 Å². The number of aryl methyl sites for hydroxylation is 1. The normalized spacial score (nSPS) is 27.2. The summed E-state index contributed by atoms with van der Waals surface area (Å²) >= 11 is 0. The van der Waals surface area contributed by atoms with Crippen molar-refractivity contribution >= 4 is 5.96 Å². The van der Waals surface area contributed by atoms with Gasteiger partial charge in [-0.25, -0.2) is 0 Å². The molecule has 2 aliphatic rings. The lowest BCUT2D eigenvalue weighted by Crippen LogP contribution is -2.47. The maximum Gasteiger partial charge on any atom is 0.191 e. The van der Waals surface area contributed by atoms with Crippen LogP contribution in [0.25, 0.3) is 0 Å². The standard InChI is InChI=1S/C18H27N3O/c1-3-19-18(21-16-12-15-8-9-17(16)22-15)20-11-10-14-6-4-13(2)5-7-14/h4-7,15-17H,3,8-12H2,1-2H3,(H2,19,20,21). The highest BCUT2D eigenvalue weighted by molar-refractivity contribution is 5.80. The monoisotopic (exact) mass is 301 g/mol. The first kappa shape index (κ1) is 15.3. The predicted octanol–water partition coefficient (Wildman–Crippen LogP) is 2.41. The van der Waals surface area contributed by atoms with Gasteiger partial charge in [0.15, 0.2) is 5.96 Å². The zero-order valence-corrected chi connectivity index (χ0v) is 13.6. The summed E-state index contributed by atoms with van der Waals surface area (Å²) in [7, 11) is 0. The van der Waals surface area contributed by atoms with Gasteiger partial charge < -0.3 is 15.4 Å². The van der Waals surface area contributed by atoms with Crippen LogP contribution in [-0.2, 0) is 11.2 Å². The molecule has 0 saturated carbocycles. The van der Waals surface area contributed by atoms with Crippen molar-refractivity contribution < 1.29 is 4.74 Å². The van der Waals surface area contributed by atoms with Crippen LogP contribution >= 0.6 is 0 Å². The second-order valence-electron chi connectivity index (χ2n) is 6.36. The molecule has 3 rings (SSSR count). The van der Waals surface area contributed by atoms with E-state index in [1.165, 1.54) is 24.0 Å². The van der Waals surface area contributed by atoms with Crippen LogP contribution in [0.5, 0.6) is 0 Å². The lowest BCUT2D eigenvalue weighted by molar-refractivity contribution is 0.0992. The molecule has 2 bridgehead atoms. The Bertz CT molecular complexity index is 512. The molecule has 0 aliphatic carbocycles. The topological polar surface area (TPSA) is 45.7 Å². The SMILES string of the molecule is CCNC(=NCCc1ccc(C)cc1)NC1CC2CCC1O2. The molecular weight excluding hydrogens is 274 g/mol. The maximum atomic E-state index is 5.90. The molecule has 0 aromatic heterocycles. The van der Waals surface area contributed by atoms with Gasteiger partial charge in [0, 0.05) is 13.1 Å². The molecule has 3 atom stereocenters. The molecule has 4 heteroatoms. The Morgan fingerprint density at radius 2 is 2.09 bits per heavy atom. The molecule has 120 valence electrons. The summed E-state index contributed by atoms with van der Waals surface area (Å²) in [4.78, 5) is 4.72. The third-order valence-corrected chi connectivity index (χ3v) is 4.56. The van der Waals surface area contributed by atoms with E-state index in [9.17, 15) is 0 Å². The van der Waals surface area contributed by atoms with Gasteiger partial charge >= 0.3 is 0 Å². The van der Waals surface area contributed by atoms with Crippen molar-refractivity contribution in [1.29, 1.82) is 0 Å². The summed E-state index contributed by atoms with van der Waals surface area (Å²) < 4.78 is 5.90. The zero-order chi connectivity index (χ0) is 15.4. The van der Waals surface area contributed by atoms with Crippen LogP contribution in [0.2, 0.25) is 0 Å². The van der Waals surface area contributed by atoms with Crippen molar-refractivity contribution in [3.63, 3.8) is 0 Å². The number of rotatable bonds is 5. The molecule has 22 heavy (non-hydrogen) atoms. The van der Waals surface area contributed by atoms with E-state index in [1.54, 1.807) is 0 Å². The van der Waals surface area contributed by atoms with E-state index < -0.39 is 0 Å². The van der Waals surface area contributed by atoms with Gasteiger partial charge in [-0.2, -0.15) is 0 Å². The Morgan fingerprint density at radius 1 is 1.27 bits per heavy atom. The Kier molecular flexibility index (Phi) is 4.98. The van der Waals surface area contributed by atoms with E-state index in [0.29, 0.717) is 18.2 Å². The molecule has 2 saturated heterocycles. The summed E-state index contributed by atoms with van der Waals surface area (Å²) in [6, 6.07) is 9.13. The Hall–Kier alpha value is -1.55. The molecule has 2 N–H and O–H groups in total. The molecule has 4 nitrogen and oxygen atoms in total. The minimum Gasteiger partial charge on any atom is -0.373 e. The summed E-state index contributed by atoms with van der Waals surface area (Å²) in [6.45, 7) is 5.92. The summed E-state index contributed by atoms with van der Waals surface area (Å²) in [5, 5.41) is 6.91. The number of guanidine groups is 1. The molecule has 1 aromatic carbocycles. The molecule has 0 spiro atoms. The quantitative estimate of drug-likeness (QED) is 0.648. The first-order valence-corrected chi connectivity index (χ1v) is 8.50. The van der Waals surface area contributed by atoms with Crippen LogP contribution in [0.4, 0.5) is 0 Å². The van der Waals surface area contributed by atoms with Gasteiger partial charge in [0.05, 0.1) is 18.2 Å². The first-order valence-electron chi connectivity index (χ1n) is 8.50. The van der Waals surface area contributed by atoms with E-state index in [0.717, 1.165) is 31.9 Å². The van der Waals surface area contributed by atoms with E-state index in [4.69, 9.17) is 9.73 Å². The predicted molar refractivity (Wildman–Crippen MR) is 90.3 cm³/mol. The molecule has 2 aliphatic heterocycles. The Labute approximate surface area is 133 Å². The number of fused-ring (bicyclic) bond motifs is 2. The molecular formula is C18H27N3O. The largest absolute Gasteiger partial charge is 0.373 e. The highest BCUT2D eigenvalue weighted by atomic mass is 16.5. The minimum absolute atomic E-state index is 0.381. The minimum atomic E-state index is 0.381. The van der Waals surface area contributed by atoms with Crippen molar-refractivity contribution in [2.45, 2.75) is 57.8 Å². The van der Waals surface area contributed by atoms with Gasteiger partial charge in [0.25, 0.3) is 0 Å². The average molecular weight is 301 g/mol. The third kappa shape index (κ3) is 3.80. The Balaban J connectivity index is 1.52. The molecule has 3 unspecified atom stereocenters. The van der Waals surface area contributed by atoms with Gasteiger partial charge in [-0.1, -0.05) is 29.8 Å². The number of nitrogens with zero attached hydrogens (tertiary/aromatic N) is 1. The highest BCUT2D eigenvalue weighted by Gasteiger charge is 2.41. The van der Waals surface area contributed by atoms with E-state index in [2.05, 4.69) is 48.7 Å². The second kappa shape index (κ2) is 7.14. The Morgan fingerprint density at radius 3 is 2.73 bits per heavy atom. The smallest absolute Gasteiger partial charge is 0.191 e. The summed E-state index contributed by atoms with van der Waals surface area (Å²) in [5.41, 5.74) is 2.65. The number of hydrogen-bond donors (Lipinski definition) is 2. The van der Waals surface area contributed by atoms with Crippen LogP contribution in [0, 0.1) is 6.92 Å². The number of benzene rings is 1. The van der Waals surface area contributed by atoms with Crippen LogP contribution in [0.15, 0.2) is 29.3 Å². The fraction of sp³-hybridized carbons (Fsp3) is 0.611. The highest BCUT2D eigenvalue weighted by Crippen LogP contribution is 2.34. The maximum absolute atomic E-state index is 5.90. The number of hydrogen-bond acceptors (Lipinski definition) is 2. The van der Waals surface area contributed by atoms with Gasteiger partial charge in [-0.15, -0.1) is 0 Å². The fourth-order valence-corrected chi connectivity index (χ4v) is 3.34. The van der Waals surface area contributed by atoms with Crippen molar-refractivity contribution in [2.75, 3.05) is 13.1 Å². The van der Waals surface area contributed by atoms with Crippen LogP contribution < -0.4 is 10.6 Å². The van der Waals surface area contributed by atoms with Crippen LogP contribution in [0.3, 0.4) is 0 Å². The van der Waals surface area contributed by atoms with E-state index in [1.807, 2.05) is 0 Å². The van der Waals surface area contributed by atoms with Crippen molar-refractivity contribution in [3.05, 3.63) is 35.4 Å². The number of ether oxygens (including phenoxy) is 1. The van der Waals surface area contributed by atoms with Gasteiger partial charge in [-0.3, -0.25) is 4.99 Å². The van der Waals surface area contributed by atoms with Gasteiger partial charge in [-0.05, 0) is 45.1 Å². The van der Waals surface area contributed by atoms with Gasteiger partial charge in [0.1, 0.15) is 0 Å². The molecule has 0 amide bonds. The molecule has 2 fully saturated rings. The summed E-state index contributed by atoms with van der Waals surface area (Å²) in [6.07, 6.45) is 5.36. The van der Waals surface area contributed by atoms with Crippen molar-refractivity contribution in [1.82, 2.24) is 10.6 Å². The second-order valence-corrected chi connectivity index (χ2v) is 6.36. The van der Waals surface area contributed by atoms with Crippen molar-refractivity contribution in [2.24, 2.45) is 4.99 Å². The lowest BCUT2D eigenvalue weighted by Gasteiger charge is -2.22. The number of aliphatic imine (C=N–C) groups is 1. The molecule has 0 radical (unpaired) electrons. The first-order chi connectivity index (χ1) is 10.7. The zero-order valence-electron chi connectivity index (χ0n) is 13.6.